The number of hydrogen-bond donors (Lipinski definition) is 3. The third-order valence-electron chi connectivity index (χ3n) is 4.44. The van der Waals surface area contributed by atoms with Crippen molar-refractivity contribution in [3.05, 3.63) is 35.4 Å². The van der Waals surface area contributed by atoms with Crippen molar-refractivity contribution in [2.75, 3.05) is 0 Å². The molecule has 1 fully saturated rings. The summed E-state index contributed by atoms with van der Waals surface area (Å²) in [5.74, 6) is -0.767. The fourth-order valence-electron chi connectivity index (χ4n) is 3.00. The molecule has 0 saturated heterocycles. The van der Waals surface area contributed by atoms with E-state index in [4.69, 9.17) is 5.73 Å². The molecule has 4 N–H and O–H groups in total. The SMILES string of the molecule is CC(C)(O)CCc1ccc(C(=O)N[C@@H]2CCC[C@@H]2C(N)=O)cc1. The van der Waals surface area contributed by atoms with Crippen LogP contribution in [-0.4, -0.2) is 28.6 Å². The molecule has 23 heavy (non-hydrogen) atoms. The second kappa shape index (κ2) is 7.13. The topological polar surface area (TPSA) is 92.4 Å². The summed E-state index contributed by atoms with van der Waals surface area (Å²) in [6.45, 7) is 3.57. The van der Waals surface area contributed by atoms with Crippen molar-refractivity contribution in [1.82, 2.24) is 5.32 Å². The number of carbonyl (C=O) groups is 2. The Balaban J connectivity index is 1.94. The fraction of sp³-hybridized carbons (Fsp3) is 0.556. The quantitative estimate of drug-likeness (QED) is 0.746. The number of hydrogen-bond acceptors (Lipinski definition) is 3. The molecule has 1 aromatic carbocycles. The fourth-order valence-corrected chi connectivity index (χ4v) is 3.00. The molecule has 0 unspecified atom stereocenters. The molecule has 0 radical (unpaired) electrons. The van der Waals surface area contributed by atoms with Gasteiger partial charge in [0, 0.05) is 11.6 Å². The molecule has 0 aromatic heterocycles. The summed E-state index contributed by atoms with van der Waals surface area (Å²) >= 11 is 0. The summed E-state index contributed by atoms with van der Waals surface area (Å²) in [6.07, 6.45) is 3.88. The van der Waals surface area contributed by atoms with E-state index >= 15 is 0 Å². The number of primary amides is 1. The summed E-state index contributed by atoms with van der Waals surface area (Å²) in [5.41, 5.74) is 6.35. The van der Waals surface area contributed by atoms with Crippen LogP contribution in [0.5, 0.6) is 0 Å². The Morgan fingerprint density at radius 1 is 1.26 bits per heavy atom. The number of aliphatic hydroxyl groups is 1. The van der Waals surface area contributed by atoms with Crippen molar-refractivity contribution in [3.63, 3.8) is 0 Å². The van der Waals surface area contributed by atoms with Crippen LogP contribution >= 0.6 is 0 Å². The third kappa shape index (κ3) is 5.06. The lowest BCUT2D eigenvalue weighted by Crippen LogP contribution is -2.42. The molecule has 0 heterocycles. The van der Waals surface area contributed by atoms with Gasteiger partial charge < -0.3 is 16.2 Å². The van der Waals surface area contributed by atoms with Crippen molar-refractivity contribution >= 4 is 11.8 Å². The largest absolute Gasteiger partial charge is 0.390 e. The van der Waals surface area contributed by atoms with Crippen molar-refractivity contribution < 1.29 is 14.7 Å². The van der Waals surface area contributed by atoms with E-state index in [1.165, 1.54) is 0 Å². The van der Waals surface area contributed by atoms with Gasteiger partial charge in [0.05, 0.1) is 11.5 Å². The third-order valence-corrected chi connectivity index (χ3v) is 4.44. The van der Waals surface area contributed by atoms with Gasteiger partial charge in [0.25, 0.3) is 5.91 Å². The number of rotatable bonds is 6. The van der Waals surface area contributed by atoms with Crippen molar-refractivity contribution in [2.24, 2.45) is 11.7 Å². The maximum atomic E-state index is 12.3. The maximum Gasteiger partial charge on any atom is 0.251 e. The highest BCUT2D eigenvalue weighted by Crippen LogP contribution is 2.25. The van der Waals surface area contributed by atoms with Crippen molar-refractivity contribution in [3.8, 4) is 0 Å². The van der Waals surface area contributed by atoms with E-state index < -0.39 is 5.60 Å². The molecule has 0 bridgehead atoms. The Labute approximate surface area is 137 Å². The average Bonchev–Trinajstić information content (AvgIpc) is 2.93. The van der Waals surface area contributed by atoms with Gasteiger partial charge in [-0.25, -0.2) is 0 Å². The minimum atomic E-state index is -0.692. The van der Waals surface area contributed by atoms with Gasteiger partial charge in [-0.1, -0.05) is 18.6 Å². The van der Waals surface area contributed by atoms with Crippen LogP contribution in [0.4, 0.5) is 0 Å². The van der Waals surface area contributed by atoms with E-state index in [9.17, 15) is 14.7 Å². The molecule has 0 spiro atoms. The second-order valence-corrected chi connectivity index (χ2v) is 7.03. The van der Waals surface area contributed by atoms with Gasteiger partial charge in [-0.3, -0.25) is 9.59 Å². The summed E-state index contributed by atoms with van der Waals surface area (Å²) < 4.78 is 0. The van der Waals surface area contributed by atoms with Crippen LogP contribution in [0.15, 0.2) is 24.3 Å². The smallest absolute Gasteiger partial charge is 0.251 e. The summed E-state index contributed by atoms with van der Waals surface area (Å²) in [6, 6.07) is 7.21. The minimum Gasteiger partial charge on any atom is -0.390 e. The molecule has 1 aliphatic carbocycles. The van der Waals surface area contributed by atoms with Crippen LogP contribution in [0.2, 0.25) is 0 Å². The zero-order chi connectivity index (χ0) is 17.0. The van der Waals surface area contributed by atoms with Gasteiger partial charge in [0.2, 0.25) is 5.91 Å². The molecule has 1 aromatic rings. The molecule has 126 valence electrons. The summed E-state index contributed by atoms with van der Waals surface area (Å²) in [7, 11) is 0. The molecule has 2 amide bonds. The Hall–Kier alpha value is -1.88. The van der Waals surface area contributed by atoms with Crippen LogP contribution in [0.3, 0.4) is 0 Å². The standard InChI is InChI=1S/C18H26N2O3/c1-18(2,23)11-10-12-6-8-13(9-7-12)17(22)20-15-5-3-4-14(15)16(19)21/h6-9,14-15,23H,3-5,10-11H2,1-2H3,(H2,19,21)(H,20,22)/t14-,15+/m0/s1. The predicted octanol–water partition coefficient (Wildman–Crippen LogP) is 1.77. The number of amides is 2. The Morgan fingerprint density at radius 2 is 1.91 bits per heavy atom. The summed E-state index contributed by atoms with van der Waals surface area (Å²) in [5, 5.41) is 12.7. The van der Waals surface area contributed by atoms with Crippen LogP contribution in [0.25, 0.3) is 0 Å². The first-order valence-corrected chi connectivity index (χ1v) is 8.18. The van der Waals surface area contributed by atoms with E-state index in [1.54, 1.807) is 26.0 Å². The van der Waals surface area contributed by atoms with E-state index in [2.05, 4.69) is 5.32 Å². The molecule has 1 saturated carbocycles. The first-order chi connectivity index (χ1) is 10.8. The van der Waals surface area contributed by atoms with Gasteiger partial charge in [0.1, 0.15) is 0 Å². The Kier molecular flexibility index (Phi) is 5.42. The maximum absolute atomic E-state index is 12.3. The number of aryl methyl sites for hydroxylation is 1. The van der Waals surface area contributed by atoms with E-state index in [-0.39, 0.29) is 23.8 Å². The van der Waals surface area contributed by atoms with Crippen molar-refractivity contribution in [2.45, 2.75) is 57.6 Å². The lowest BCUT2D eigenvalue weighted by atomic mass is 9.98. The first kappa shape index (κ1) is 17.5. The Morgan fingerprint density at radius 3 is 2.48 bits per heavy atom. The zero-order valence-corrected chi connectivity index (χ0v) is 13.8. The van der Waals surface area contributed by atoms with Crippen LogP contribution < -0.4 is 11.1 Å². The van der Waals surface area contributed by atoms with E-state index in [0.29, 0.717) is 12.0 Å². The number of carbonyl (C=O) groups excluding carboxylic acids is 2. The molecule has 2 atom stereocenters. The van der Waals surface area contributed by atoms with Gasteiger partial charge in [-0.05, 0) is 57.2 Å². The Bertz CT molecular complexity index is 561. The van der Waals surface area contributed by atoms with Gasteiger partial charge in [-0.2, -0.15) is 0 Å². The van der Waals surface area contributed by atoms with Crippen molar-refractivity contribution in [1.29, 1.82) is 0 Å². The van der Waals surface area contributed by atoms with Gasteiger partial charge >= 0.3 is 0 Å². The lowest BCUT2D eigenvalue weighted by molar-refractivity contribution is -0.122. The summed E-state index contributed by atoms with van der Waals surface area (Å²) in [4.78, 5) is 23.7. The zero-order valence-electron chi connectivity index (χ0n) is 13.8. The van der Waals surface area contributed by atoms with E-state index in [0.717, 1.165) is 31.2 Å². The molecule has 0 aliphatic heterocycles. The van der Waals surface area contributed by atoms with Gasteiger partial charge in [0.15, 0.2) is 0 Å². The second-order valence-electron chi connectivity index (χ2n) is 7.03. The van der Waals surface area contributed by atoms with Crippen LogP contribution in [-0.2, 0) is 11.2 Å². The van der Waals surface area contributed by atoms with Crippen LogP contribution in [0.1, 0.15) is 55.5 Å². The van der Waals surface area contributed by atoms with E-state index in [1.807, 2.05) is 12.1 Å². The highest BCUT2D eigenvalue weighted by molar-refractivity contribution is 5.94. The predicted molar refractivity (Wildman–Crippen MR) is 88.9 cm³/mol. The van der Waals surface area contributed by atoms with Gasteiger partial charge in [-0.15, -0.1) is 0 Å². The first-order valence-electron chi connectivity index (χ1n) is 8.18. The minimum absolute atomic E-state index is 0.158. The highest BCUT2D eigenvalue weighted by atomic mass is 16.3. The molecular weight excluding hydrogens is 292 g/mol. The molecule has 5 nitrogen and oxygen atoms in total. The monoisotopic (exact) mass is 318 g/mol. The lowest BCUT2D eigenvalue weighted by Gasteiger charge is -2.18. The molecule has 1 aliphatic rings. The normalized spacial score (nSPS) is 21.2. The van der Waals surface area contributed by atoms with Crippen LogP contribution in [0, 0.1) is 5.92 Å². The number of nitrogens with two attached hydrogens (primary N) is 1. The molecule has 2 rings (SSSR count). The number of nitrogens with one attached hydrogen (secondary N) is 1. The highest BCUT2D eigenvalue weighted by Gasteiger charge is 2.32. The number of benzene rings is 1. The average molecular weight is 318 g/mol. The molecule has 5 heteroatoms. The molecular formula is C18H26N2O3.